The van der Waals surface area contributed by atoms with Gasteiger partial charge >= 0.3 is 5.97 Å². The van der Waals surface area contributed by atoms with Crippen LogP contribution in [0.3, 0.4) is 0 Å². The average Bonchev–Trinajstić information content (AvgIpc) is 2.85. The summed E-state index contributed by atoms with van der Waals surface area (Å²) in [5.41, 5.74) is 11.4. The van der Waals surface area contributed by atoms with Gasteiger partial charge in [-0.1, -0.05) is 49.8 Å². The number of carbonyl (C=O) groups is 1. The van der Waals surface area contributed by atoms with E-state index in [4.69, 9.17) is 4.74 Å². The molecule has 0 radical (unpaired) electrons. The number of hydrogen-bond donors (Lipinski definition) is 2. The Labute approximate surface area is 216 Å². The van der Waals surface area contributed by atoms with Gasteiger partial charge in [-0.15, -0.1) is 0 Å². The number of hydrogen-bond acceptors (Lipinski definition) is 4. The second kappa shape index (κ2) is 11.9. The van der Waals surface area contributed by atoms with Crippen molar-refractivity contribution in [3.8, 4) is 22.3 Å². The molecule has 0 aliphatic rings. The van der Waals surface area contributed by atoms with E-state index in [1.807, 2.05) is 6.92 Å². The van der Waals surface area contributed by atoms with Crippen LogP contribution in [0, 0.1) is 26.7 Å². The molecule has 0 saturated heterocycles. The van der Waals surface area contributed by atoms with Gasteiger partial charge in [0.2, 0.25) is 0 Å². The molecule has 0 bridgehead atoms. The van der Waals surface area contributed by atoms with Crippen molar-refractivity contribution in [1.29, 1.82) is 0 Å². The molecule has 0 atom stereocenters. The molecule has 0 aliphatic heterocycles. The summed E-state index contributed by atoms with van der Waals surface area (Å²) in [5.74, 6) is 0.256. The third kappa shape index (κ3) is 6.17. The van der Waals surface area contributed by atoms with E-state index in [9.17, 15) is 4.79 Å². The first-order chi connectivity index (χ1) is 17.1. The Morgan fingerprint density at radius 2 is 1.31 bits per heavy atom. The van der Waals surface area contributed by atoms with Gasteiger partial charge in [-0.3, -0.25) is 0 Å². The lowest BCUT2D eigenvalue weighted by atomic mass is 9.82. The van der Waals surface area contributed by atoms with E-state index in [-0.39, 0.29) is 5.97 Å². The highest BCUT2D eigenvalue weighted by Gasteiger charge is 2.24. The third-order valence-corrected chi connectivity index (χ3v) is 6.58. The van der Waals surface area contributed by atoms with Crippen LogP contribution in [0.4, 0.5) is 11.4 Å². The molecule has 3 aromatic rings. The highest BCUT2D eigenvalue weighted by Crippen LogP contribution is 2.40. The van der Waals surface area contributed by atoms with E-state index in [1.165, 1.54) is 18.2 Å². The molecule has 3 rings (SSSR count). The number of allylic oxidation sites excluding steroid dienone is 1. The lowest BCUT2D eigenvalue weighted by Gasteiger charge is -2.22. The van der Waals surface area contributed by atoms with Gasteiger partial charge in [0.25, 0.3) is 0 Å². The van der Waals surface area contributed by atoms with Crippen molar-refractivity contribution in [3.05, 3.63) is 82.4 Å². The quantitative estimate of drug-likeness (QED) is 0.237. The smallest absolute Gasteiger partial charge is 0.338 e. The summed E-state index contributed by atoms with van der Waals surface area (Å²) < 4.78 is 5.27. The highest BCUT2D eigenvalue weighted by molar-refractivity contribution is 6.03. The molecule has 0 saturated carbocycles. The lowest BCUT2D eigenvalue weighted by molar-refractivity contribution is 0.0600. The number of nitrogens with one attached hydrogen (secondary N) is 2. The van der Waals surface area contributed by atoms with Gasteiger partial charge in [0.1, 0.15) is 0 Å². The number of ether oxygens (including phenoxy) is 1. The topological polar surface area (TPSA) is 50.4 Å². The number of anilines is 2. The average molecular weight is 485 g/mol. The van der Waals surface area contributed by atoms with Crippen molar-refractivity contribution < 1.29 is 9.53 Å². The zero-order valence-electron chi connectivity index (χ0n) is 23.0. The van der Waals surface area contributed by atoms with Gasteiger partial charge < -0.3 is 15.4 Å². The maximum absolute atomic E-state index is 13.1. The summed E-state index contributed by atoms with van der Waals surface area (Å²) in [5, 5.41) is 6.89. The summed E-state index contributed by atoms with van der Waals surface area (Å²) in [6.45, 7) is 16.6. The standard InChI is InChI=1S/C32H40N2O2/c1-20(2)17-18-33-27-13-9-25(10-14-27)29-22(5)23(6)30(31(24(29)7)32(35)36-8)26-11-15-28(16-12-26)34-19-21(3)4/h9-17,21,33-34H,18-19H2,1-8H3. The molecule has 4 nitrogen and oxygen atoms in total. The Hall–Kier alpha value is -3.53. The van der Waals surface area contributed by atoms with Crippen molar-refractivity contribution in [2.75, 3.05) is 30.8 Å². The maximum atomic E-state index is 13.1. The zero-order valence-corrected chi connectivity index (χ0v) is 23.0. The fraction of sp³-hybridized carbons (Fsp3) is 0.344. The monoisotopic (exact) mass is 484 g/mol. The fourth-order valence-corrected chi connectivity index (χ4v) is 4.51. The van der Waals surface area contributed by atoms with E-state index in [0.717, 1.165) is 57.8 Å². The minimum absolute atomic E-state index is 0.311. The van der Waals surface area contributed by atoms with Crippen molar-refractivity contribution in [3.63, 3.8) is 0 Å². The molecule has 4 heteroatoms. The van der Waals surface area contributed by atoms with Gasteiger partial charge in [-0.05, 0) is 104 Å². The van der Waals surface area contributed by atoms with E-state index < -0.39 is 0 Å². The van der Waals surface area contributed by atoms with Crippen LogP contribution in [-0.2, 0) is 4.74 Å². The summed E-state index contributed by atoms with van der Waals surface area (Å²) in [6.07, 6.45) is 2.17. The minimum atomic E-state index is -0.311. The van der Waals surface area contributed by atoms with Crippen LogP contribution in [0.2, 0.25) is 0 Å². The molecule has 0 aliphatic carbocycles. The molecule has 0 aromatic heterocycles. The Morgan fingerprint density at radius 3 is 1.81 bits per heavy atom. The van der Waals surface area contributed by atoms with E-state index in [1.54, 1.807) is 0 Å². The van der Waals surface area contributed by atoms with E-state index >= 15 is 0 Å². The Kier molecular flexibility index (Phi) is 8.98. The van der Waals surface area contributed by atoms with Crippen molar-refractivity contribution in [1.82, 2.24) is 0 Å². The van der Waals surface area contributed by atoms with E-state index in [2.05, 4.69) is 107 Å². The van der Waals surface area contributed by atoms with Gasteiger partial charge in [-0.25, -0.2) is 4.79 Å². The van der Waals surface area contributed by atoms with Gasteiger partial charge in [-0.2, -0.15) is 0 Å². The molecule has 3 aromatic carbocycles. The highest BCUT2D eigenvalue weighted by atomic mass is 16.5. The predicted molar refractivity (Wildman–Crippen MR) is 154 cm³/mol. The molecule has 190 valence electrons. The first-order valence-corrected chi connectivity index (χ1v) is 12.7. The predicted octanol–water partition coefficient (Wildman–Crippen LogP) is 8.18. The molecule has 0 heterocycles. The van der Waals surface area contributed by atoms with Crippen LogP contribution in [0.5, 0.6) is 0 Å². The maximum Gasteiger partial charge on any atom is 0.338 e. The number of rotatable bonds is 9. The largest absolute Gasteiger partial charge is 0.465 e. The molecule has 0 unspecified atom stereocenters. The van der Waals surface area contributed by atoms with Crippen LogP contribution in [-0.4, -0.2) is 26.2 Å². The number of esters is 1. The molecular weight excluding hydrogens is 444 g/mol. The van der Waals surface area contributed by atoms with Crippen LogP contribution >= 0.6 is 0 Å². The van der Waals surface area contributed by atoms with Crippen molar-refractivity contribution >= 4 is 17.3 Å². The summed E-state index contributed by atoms with van der Waals surface area (Å²) in [4.78, 5) is 13.1. The SMILES string of the molecule is COC(=O)c1c(C)c(-c2ccc(NCC=C(C)C)cc2)c(C)c(C)c1-c1ccc(NCC(C)C)cc1. The molecule has 0 spiro atoms. The third-order valence-electron chi connectivity index (χ3n) is 6.58. The minimum Gasteiger partial charge on any atom is -0.465 e. The molecule has 0 amide bonds. The number of methoxy groups -OCH3 is 1. The number of carbonyl (C=O) groups excluding carboxylic acids is 1. The van der Waals surface area contributed by atoms with Crippen LogP contribution in [0.1, 0.15) is 54.7 Å². The first kappa shape index (κ1) is 27.1. The van der Waals surface area contributed by atoms with Crippen LogP contribution < -0.4 is 10.6 Å². The van der Waals surface area contributed by atoms with Gasteiger partial charge in [0.05, 0.1) is 12.7 Å². The summed E-state index contributed by atoms with van der Waals surface area (Å²) >= 11 is 0. The lowest BCUT2D eigenvalue weighted by Crippen LogP contribution is -2.11. The summed E-state index contributed by atoms with van der Waals surface area (Å²) in [6, 6.07) is 16.8. The van der Waals surface area contributed by atoms with Crippen LogP contribution in [0.15, 0.2) is 60.2 Å². The molecular formula is C32H40N2O2. The second-order valence-electron chi connectivity index (χ2n) is 10.1. The normalized spacial score (nSPS) is 10.8. The van der Waals surface area contributed by atoms with Crippen molar-refractivity contribution in [2.24, 2.45) is 5.92 Å². The van der Waals surface area contributed by atoms with E-state index in [0.29, 0.717) is 11.5 Å². The van der Waals surface area contributed by atoms with Crippen LogP contribution in [0.25, 0.3) is 22.3 Å². The molecule has 2 N–H and O–H groups in total. The summed E-state index contributed by atoms with van der Waals surface area (Å²) in [7, 11) is 1.45. The second-order valence-corrected chi connectivity index (χ2v) is 10.1. The Morgan fingerprint density at radius 1 is 0.806 bits per heavy atom. The Balaban J connectivity index is 2.06. The first-order valence-electron chi connectivity index (χ1n) is 12.7. The fourth-order valence-electron chi connectivity index (χ4n) is 4.51. The Bertz CT molecular complexity index is 1230. The molecule has 36 heavy (non-hydrogen) atoms. The zero-order chi connectivity index (χ0) is 26.4. The van der Waals surface area contributed by atoms with Crippen molar-refractivity contribution in [2.45, 2.75) is 48.5 Å². The van der Waals surface area contributed by atoms with Gasteiger partial charge in [0, 0.05) is 24.5 Å². The molecule has 0 fully saturated rings. The number of benzene rings is 3. The van der Waals surface area contributed by atoms with Gasteiger partial charge in [0.15, 0.2) is 0 Å².